The van der Waals surface area contributed by atoms with E-state index in [0.29, 0.717) is 11.5 Å². The molecule has 0 saturated heterocycles. The molecule has 0 bridgehead atoms. The van der Waals surface area contributed by atoms with Crippen molar-refractivity contribution in [2.24, 2.45) is 0 Å². The van der Waals surface area contributed by atoms with Gasteiger partial charge >= 0.3 is 0 Å². The summed E-state index contributed by atoms with van der Waals surface area (Å²) < 4.78 is 10.7. The fourth-order valence-electron chi connectivity index (χ4n) is 1.91. The van der Waals surface area contributed by atoms with Gasteiger partial charge in [-0.05, 0) is 12.1 Å². The zero-order valence-electron chi connectivity index (χ0n) is 10.9. The van der Waals surface area contributed by atoms with E-state index in [4.69, 9.17) is 9.47 Å². The summed E-state index contributed by atoms with van der Waals surface area (Å²) in [7, 11) is 0. The molecule has 0 fully saturated rings. The van der Waals surface area contributed by atoms with E-state index in [0.717, 1.165) is 15.5 Å². The minimum atomic E-state index is -0.112. The highest BCUT2D eigenvalue weighted by molar-refractivity contribution is 7.99. The number of nitrogens with one attached hydrogen (secondary N) is 1. The fourth-order valence-corrected chi connectivity index (χ4v) is 2.84. The lowest BCUT2D eigenvalue weighted by molar-refractivity contribution is -0.114. The lowest BCUT2D eigenvalue weighted by Gasteiger charge is -2.11. The van der Waals surface area contributed by atoms with Crippen LogP contribution in [0.3, 0.4) is 0 Å². The van der Waals surface area contributed by atoms with E-state index in [2.05, 4.69) is 5.32 Å². The molecule has 0 aromatic heterocycles. The average molecular weight is 287 g/mol. The van der Waals surface area contributed by atoms with Gasteiger partial charge in [0.15, 0.2) is 11.5 Å². The van der Waals surface area contributed by atoms with Crippen LogP contribution in [0.25, 0.3) is 0 Å². The van der Waals surface area contributed by atoms with Crippen LogP contribution >= 0.6 is 11.8 Å². The molecule has 1 heterocycles. The summed E-state index contributed by atoms with van der Waals surface area (Å²) in [4.78, 5) is 13.3. The molecule has 2 aromatic rings. The van der Waals surface area contributed by atoms with Gasteiger partial charge in [-0.1, -0.05) is 30.0 Å². The molecule has 0 saturated carbocycles. The summed E-state index contributed by atoms with van der Waals surface area (Å²) >= 11 is 1.57. The molecular weight excluding hydrogens is 274 g/mol. The van der Waals surface area contributed by atoms with E-state index < -0.39 is 0 Å². The van der Waals surface area contributed by atoms with Crippen LogP contribution in [0.15, 0.2) is 52.3 Å². The second-order valence-electron chi connectivity index (χ2n) is 4.30. The molecule has 0 aliphatic carbocycles. The molecular formula is C15H13NO3S. The Morgan fingerprint density at radius 1 is 1.15 bits per heavy atom. The standard InChI is InChI=1S/C15H13NO3S/c1-10(17)16-12-7-13-14(19-9-18-13)8-15(12)20-11-5-3-2-4-6-11/h2-8H,9H2,1H3,(H,16,17). The SMILES string of the molecule is CC(=O)Nc1cc2c(cc1Sc1ccccc1)OCO2. The number of hydrogen-bond acceptors (Lipinski definition) is 4. The van der Waals surface area contributed by atoms with Gasteiger partial charge in [0.05, 0.1) is 5.69 Å². The molecule has 0 unspecified atom stereocenters. The lowest BCUT2D eigenvalue weighted by Crippen LogP contribution is -2.06. The lowest BCUT2D eigenvalue weighted by atomic mass is 10.2. The van der Waals surface area contributed by atoms with E-state index >= 15 is 0 Å². The second kappa shape index (κ2) is 5.46. The topological polar surface area (TPSA) is 47.6 Å². The Hall–Kier alpha value is -2.14. The maximum absolute atomic E-state index is 11.3. The number of ether oxygens (including phenoxy) is 2. The highest BCUT2D eigenvalue weighted by Gasteiger charge is 2.18. The molecule has 3 rings (SSSR count). The molecule has 1 N–H and O–H groups in total. The van der Waals surface area contributed by atoms with E-state index in [9.17, 15) is 4.79 Å². The fraction of sp³-hybridized carbons (Fsp3) is 0.133. The van der Waals surface area contributed by atoms with Crippen LogP contribution in [0.1, 0.15) is 6.92 Å². The van der Waals surface area contributed by atoms with Gasteiger partial charge in [-0.25, -0.2) is 0 Å². The molecule has 20 heavy (non-hydrogen) atoms. The summed E-state index contributed by atoms with van der Waals surface area (Å²) in [5.74, 6) is 1.25. The number of carbonyl (C=O) groups is 1. The van der Waals surface area contributed by atoms with Gasteiger partial charge in [0.1, 0.15) is 0 Å². The van der Waals surface area contributed by atoms with Crippen molar-refractivity contribution in [3.05, 3.63) is 42.5 Å². The first-order valence-electron chi connectivity index (χ1n) is 6.16. The van der Waals surface area contributed by atoms with Gasteiger partial charge in [-0.2, -0.15) is 0 Å². The van der Waals surface area contributed by atoms with Crippen LogP contribution in [-0.2, 0) is 4.79 Å². The average Bonchev–Trinajstić information content (AvgIpc) is 2.86. The third-order valence-corrected chi connectivity index (χ3v) is 3.82. The summed E-state index contributed by atoms with van der Waals surface area (Å²) in [5.41, 5.74) is 0.732. The van der Waals surface area contributed by atoms with Gasteiger partial charge in [-0.15, -0.1) is 0 Å². The zero-order chi connectivity index (χ0) is 13.9. The van der Waals surface area contributed by atoms with Gasteiger partial charge < -0.3 is 14.8 Å². The number of benzene rings is 2. The highest BCUT2D eigenvalue weighted by atomic mass is 32.2. The summed E-state index contributed by atoms with van der Waals surface area (Å²) in [6.45, 7) is 1.70. The van der Waals surface area contributed by atoms with Gasteiger partial charge in [-0.3, -0.25) is 4.79 Å². The van der Waals surface area contributed by atoms with Crippen molar-refractivity contribution in [3.63, 3.8) is 0 Å². The van der Waals surface area contributed by atoms with E-state index in [1.54, 1.807) is 17.8 Å². The van der Waals surface area contributed by atoms with Crippen molar-refractivity contribution in [2.75, 3.05) is 12.1 Å². The van der Waals surface area contributed by atoms with Crippen molar-refractivity contribution >= 4 is 23.4 Å². The number of fused-ring (bicyclic) bond motifs is 1. The molecule has 0 spiro atoms. The van der Waals surface area contributed by atoms with Crippen molar-refractivity contribution < 1.29 is 14.3 Å². The molecule has 0 radical (unpaired) electrons. The molecule has 5 heteroatoms. The summed E-state index contributed by atoms with van der Waals surface area (Å²) in [6.07, 6.45) is 0. The maximum atomic E-state index is 11.3. The molecule has 102 valence electrons. The Bertz CT molecular complexity index is 643. The largest absolute Gasteiger partial charge is 0.454 e. The van der Waals surface area contributed by atoms with Crippen LogP contribution in [0.4, 0.5) is 5.69 Å². The van der Waals surface area contributed by atoms with Crippen LogP contribution in [-0.4, -0.2) is 12.7 Å². The number of amides is 1. The van der Waals surface area contributed by atoms with E-state index in [1.165, 1.54) is 6.92 Å². The Morgan fingerprint density at radius 3 is 2.55 bits per heavy atom. The highest BCUT2D eigenvalue weighted by Crippen LogP contribution is 2.43. The Balaban J connectivity index is 1.97. The predicted octanol–water partition coefficient (Wildman–Crippen LogP) is 3.52. The maximum Gasteiger partial charge on any atom is 0.231 e. The summed E-state index contributed by atoms with van der Waals surface area (Å²) in [5, 5.41) is 2.83. The van der Waals surface area contributed by atoms with Crippen molar-refractivity contribution in [1.29, 1.82) is 0 Å². The van der Waals surface area contributed by atoms with Crippen LogP contribution in [0.5, 0.6) is 11.5 Å². The van der Waals surface area contributed by atoms with Crippen LogP contribution in [0, 0.1) is 0 Å². The number of carbonyl (C=O) groups excluding carboxylic acids is 1. The molecule has 0 atom stereocenters. The monoisotopic (exact) mass is 287 g/mol. The number of rotatable bonds is 3. The first-order chi connectivity index (χ1) is 9.72. The van der Waals surface area contributed by atoms with Crippen LogP contribution in [0.2, 0.25) is 0 Å². The minimum Gasteiger partial charge on any atom is -0.454 e. The third-order valence-electron chi connectivity index (χ3n) is 2.76. The normalized spacial score (nSPS) is 12.2. The van der Waals surface area contributed by atoms with Gasteiger partial charge in [0, 0.05) is 28.8 Å². The Morgan fingerprint density at radius 2 is 1.85 bits per heavy atom. The van der Waals surface area contributed by atoms with E-state index in [-0.39, 0.29) is 12.7 Å². The Labute approximate surface area is 121 Å². The minimum absolute atomic E-state index is 0.112. The van der Waals surface area contributed by atoms with Crippen molar-refractivity contribution in [3.8, 4) is 11.5 Å². The van der Waals surface area contributed by atoms with E-state index in [1.807, 2.05) is 36.4 Å². The second-order valence-corrected chi connectivity index (χ2v) is 5.41. The predicted molar refractivity (Wildman–Crippen MR) is 77.4 cm³/mol. The molecule has 1 aliphatic heterocycles. The molecule has 1 aliphatic rings. The van der Waals surface area contributed by atoms with Crippen molar-refractivity contribution in [1.82, 2.24) is 0 Å². The molecule has 2 aromatic carbocycles. The number of hydrogen-bond donors (Lipinski definition) is 1. The Kier molecular flexibility index (Phi) is 3.52. The van der Waals surface area contributed by atoms with Crippen molar-refractivity contribution in [2.45, 2.75) is 16.7 Å². The van der Waals surface area contributed by atoms with Crippen LogP contribution < -0.4 is 14.8 Å². The quantitative estimate of drug-likeness (QED) is 0.938. The molecule has 4 nitrogen and oxygen atoms in total. The molecule has 1 amide bonds. The van der Waals surface area contributed by atoms with Gasteiger partial charge in [0.2, 0.25) is 12.7 Å². The number of anilines is 1. The summed E-state index contributed by atoms with van der Waals surface area (Å²) in [6, 6.07) is 13.7. The van der Waals surface area contributed by atoms with Gasteiger partial charge in [0.25, 0.3) is 0 Å². The first-order valence-corrected chi connectivity index (χ1v) is 6.98. The zero-order valence-corrected chi connectivity index (χ0v) is 11.7. The smallest absolute Gasteiger partial charge is 0.231 e. The third kappa shape index (κ3) is 2.72. The first kappa shape index (κ1) is 12.9.